The van der Waals surface area contributed by atoms with Gasteiger partial charge in [-0.1, -0.05) is 23.4 Å². The molecule has 1 aromatic heterocycles. The number of aromatic nitrogens is 2. The van der Waals surface area contributed by atoms with Crippen LogP contribution < -0.4 is 10.2 Å². The highest BCUT2D eigenvalue weighted by atomic mass is 35.5. The molecule has 5 nitrogen and oxygen atoms in total. The molecule has 0 radical (unpaired) electrons. The molecule has 0 saturated carbocycles. The normalized spacial score (nSPS) is 14.4. The van der Waals surface area contributed by atoms with Gasteiger partial charge in [0.05, 0.1) is 5.75 Å². The molecule has 0 bridgehead atoms. The van der Waals surface area contributed by atoms with Crippen molar-refractivity contribution in [3.63, 3.8) is 0 Å². The third-order valence-corrected chi connectivity index (χ3v) is 4.84. The predicted octanol–water partition coefficient (Wildman–Crippen LogP) is 3.99. The molecule has 1 N–H and O–H groups in total. The summed E-state index contributed by atoms with van der Waals surface area (Å²) in [6, 6.07) is 7.39. The summed E-state index contributed by atoms with van der Waals surface area (Å²) >= 11 is 7.33. The first-order chi connectivity index (χ1) is 12.1. The smallest absolute Gasteiger partial charge is 0.234 e. The minimum atomic E-state index is -0.343. The molecule has 25 heavy (non-hydrogen) atoms. The Hall–Kier alpha value is -1.86. The van der Waals surface area contributed by atoms with Crippen LogP contribution in [0, 0.1) is 5.82 Å². The largest absolute Gasteiger partial charge is 0.356 e. The van der Waals surface area contributed by atoms with Gasteiger partial charge in [-0.05, 0) is 43.5 Å². The Morgan fingerprint density at radius 3 is 2.64 bits per heavy atom. The highest BCUT2D eigenvalue weighted by Crippen LogP contribution is 2.24. The van der Waals surface area contributed by atoms with Crippen molar-refractivity contribution in [3.8, 4) is 0 Å². The van der Waals surface area contributed by atoms with E-state index in [4.69, 9.17) is 11.6 Å². The zero-order chi connectivity index (χ0) is 17.6. The minimum absolute atomic E-state index is 0.150. The van der Waals surface area contributed by atoms with E-state index in [0.29, 0.717) is 16.0 Å². The van der Waals surface area contributed by atoms with Crippen LogP contribution in [-0.4, -0.2) is 34.7 Å². The molecule has 8 heteroatoms. The van der Waals surface area contributed by atoms with Crippen LogP contribution in [0.1, 0.15) is 19.3 Å². The van der Waals surface area contributed by atoms with Gasteiger partial charge < -0.3 is 10.2 Å². The first kappa shape index (κ1) is 17.9. The van der Waals surface area contributed by atoms with Crippen molar-refractivity contribution in [2.24, 2.45) is 0 Å². The molecule has 2 aromatic rings. The van der Waals surface area contributed by atoms with Crippen LogP contribution in [0.3, 0.4) is 0 Å². The molecule has 1 aliphatic heterocycles. The second-order valence-electron chi connectivity index (χ2n) is 5.72. The topological polar surface area (TPSA) is 58.1 Å². The number of rotatable bonds is 5. The number of carbonyl (C=O) groups is 1. The number of halogens is 2. The number of nitrogens with zero attached hydrogens (tertiary/aromatic N) is 3. The highest BCUT2D eigenvalue weighted by molar-refractivity contribution is 7.99. The third kappa shape index (κ3) is 5.31. The number of nitrogens with one attached hydrogen (secondary N) is 1. The summed E-state index contributed by atoms with van der Waals surface area (Å²) < 4.78 is 12.9. The van der Waals surface area contributed by atoms with Crippen molar-refractivity contribution in [1.29, 1.82) is 0 Å². The van der Waals surface area contributed by atoms with Crippen LogP contribution in [-0.2, 0) is 4.79 Å². The van der Waals surface area contributed by atoms with E-state index in [1.54, 1.807) is 6.07 Å². The summed E-state index contributed by atoms with van der Waals surface area (Å²) in [7, 11) is 0. The van der Waals surface area contributed by atoms with Crippen LogP contribution in [0.5, 0.6) is 0 Å². The van der Waals surface area contributed by atoms with Crippen LogP contribution in [0.4, 0.5) is 15.9 Å². The molecule has 1 saturated heterocycles. The van der Waals surface area contributed by atoms with E-state index in [-0.39, 0.29) is 17.5 Å². The monoisotopic (exact) mass is 380 g/mol. The molecule has 1 aromatic carbocycles. The molecule has 0 spiro atoms. The van der Waals surface area contributed by atoms with Crippen molar-refractivity contribution in [2.45, 2.75) is 24.4 Å². The summed E-state index contributed by atoms with van der Waals surface area (Å²) in [4.78, 5) is 22.9. The summed E-state index contributed by atoms with van der Waals surface area (Å²) in [5.74, 6) is 0.405. The molecule has 0 aliphatic carbocycles. The zero-order valence-corrected chi connectivity index (χ0v) is 15.1. The average molecular weight is 381 g/mol. The Morgan fingerprint density at radius 1 is 1.20 bits per heavy atom. The van der Waals surface area contributed by atoms with Gasteiger partial charge in [-0.25, -0.2) is 14.4 Å². The van der Waals surface area contributed by atoms with Crippen molar-refractivity contribution in [3.05, 3.63) is 41.3 Å². The van der Waals surface area contributed by atoms with Crippen LogP contribution in [0.25, 0.3) is 0 Å². The maximum atomic E-state index is 12.9. The van der Waals surface area contributed by atoms with Gasteiger partial charge in [0, 0.05) is 24.8 Å². The van der Waals surface area contributed by atoms with Crippen molar-refractivity contribution in [1.82, 2.24) is 9.97 Å². The first-order valence-corrected chi connectivity index (χ1v) is 9.44. The molecule has 0 unspecified atom stereocenters. The number of amides is 1. The summed E-state index contributed by atoms with van der Waals surface area (Å²) in [6.07, 6.45) is 3.52. The lowest BCUT2D eigenvalue weighted by Crippen LogP contribution is -2.30. The van der Waals surface area contributed by atoms with Crippen LogP contribution in [0.15, 0.2) is 35.5 Å². The van der Waals surface area contributed by atoms with Gasteiger partial charge in [0.1, 0.15) is 16.8 Å². The zero-order valence-electron chi connectivity index (χ0n) is 13.5. The lowest BCUT2D eigenvalue weighted by Gasteiger charge is -2.27. The summed E-state index contributed by atoms with van der Waals surface area (Å²) in [5, 5.41) is 3.55. The molecular weight excluding hydrogens is 363 g/mol. The van der Waals surface area contributed by atoms with Gasteiger partial charge in [-0.15, -0.1) is 0 Å². The van der Waals surface area contributed by atoms with Crippen molar-refractivity contribution < 1.29 is 9.18 Å². The lowest BCUT2D eigenvalue weighted by atomic mass is 10.1. The number of thioether (sulfide) groups is 1. The van der Waals surface area contributed by atoms with Crippen LogP contribution in [0.2, 0.25) is 5.15 Å². The van der Waals surface area contributed by atoms with Crippen LogP contribution >= 0.6 is 23.4 Å². The summed E-state index contributed by atoms with van der Waals surface area (Å²) in [5.41, 5.74) is 0.549. The Labute approximate surface area is 155 Å². The Balaban J connectivity index is 1.59. The molecule has 1 aliphatic rings. The number of hydrogen-bond donors (Lipinski definition) is 1. The van der Waals surface area contributed by atoms with Gasteiger partial charge in [-0.3, -0.25) is 4.79 Å². The predicted molar refractivity (Wildman–Crippen MR) is 98.9 cm³/mol. The van der Waals surface area contributed by atoms with Gasteiger partial charge in [0.15, 0.2) is 5.16 Å². The van der Waals surface area contributed by atoms with E-state index in [0.717, 1.165) is 31.7 Å². The number of carbonyl (C=O) groups excluding carboxylic acids is 1. The molecule has 1 amide bonds. The Bertz CT molecular complexity index is 738. The molecule has 132 valence electrons. The SMILES string of the molecule is O=C(CSc1nc(Cl)cc(N2CCCCC2)n1)Nc1ccc(F)cc1. The third-order valence-electron chi connectivity index (χ3n) is 3.80. The molecule has 1 fully saturated rings. The number of benzene rings is 1. The standard InChI is InChI=1S/C17H18ClFN4OS/c18-14-10-15(23-8-2-1-3-9-23)22-17(21-14)25-11-16(24)20-13-6-4-12(19)5-7-13/h4-7,10H,1-3,8-9,11H2,(H,20,24). The molecule has 3 rings (SSSR count). The number of piperidine rings is 1. The number of anilines is 2. The highest BCUT2D eigenvalue weighted by Gasteiger charge is 2.15. The van der Waals surface area contributed by atoms with E-state index < -0.39 is 0 Å². The fourth-order valence-electron chi connectivity index (χ4n) is 2.60. The van der Waals surface area contributed by atoms with Gasteiger partial charge in [-0.2, -0.15) is 0 Å². The summed E-state index contributed by atoms with van der Waals surface area (Å²) in [6.45, 7) is 1.92. The molecule has 2 heterocycles. The lowest BCUT2D eigenvalue weighted by molar-refractivity contribution is -0.113. The van der Waals surface area contributed by atoms with E-state index in [9.17, 15) is 9.18 Å². The molecular formula is C17H18ClFN4OS. The van der Waals surface area contributed by atoms with E-state index in [2.05, 4.69) is 20.2 Å². The number of hydrogen-bond acceptors (Lipinski definition) is 5. The Morgan fingerprint density at radius 2 is 1.92 bits per heavy atom. The fraction of sp³-hybridized carbons (Fsp3) is 0.353. The first-order valence-electron chi connectivity index (χ1n) is 8.08. The van der Waals surface area contributed by atoms with E-state index in [1.807, 2.05) is 0 Å². The van der Waals surface area contributed by atoms with Crippen molar-refractivity contribution >= 4 is 40.8 Å². The quantitative estimate of drug-likeness (QED) is 0.483. The van der Waals surface area contributed by atoms with Gasteiger partial charge in [0.25, 0.3) is 0 Å². The average Bonchev–Trinajstić information content (AvgIpc) is 2.62. The Kier molecular flexibility index (Phi) is 6.09. The fourth-order valence-corrected chi connectivity index (χ4v) is 3.48. The van der Waals surface area contributed by atoms with E-state index in [1.165, 1.54) is 42.4 Å². The second kappa shape index (κ2) is 8.49. The van der Waals surface area contributed by atoms with Gasteiger partial charge in [0.2, 0.25) is 5.91 Å². The van der Waals surface area contributed by atoms with Crippen molar-refractivity contribution in [2.75, 3.05) is 29.1 Å². The van der Waals surface area contributed by atoms with E-state index >= 15 is 0 Å². The maximum absolute atomic E-state index is 12.9. The minimum Gasteiger partial charge on any atom is -0.356 e. The second-order valence-corrected chi connectivity index (χ2v) is 7.05. The van der Waals surface area contributed by atoms with Gasteiger partial charge >= 0.3 is 0 Å². The molecule has 0 atom stereocenters. The maximum Gasteiger partial charge on any atom is 0.234 e.